The zero-order chi connectivity index (χ0) is 13.5. The lowest BCUT2D eigenvalue weighted by Gasteiger charge is -2.12. The van der Waals surface area contributed by atoms with Crippen LogP contribution in [0.5, 0.6) is 0 Å². The van der Waals surface area contributed by atoms with Crippen LogP contribution in [-0.4, -0.2) is 20.4 Å². The fourth-order valence-corrected chi connectivity index (χ4v) is 3.21. The van der Waals surface area contributed by atoms with E-state index in [1.54, 1.807) is 13.8 Å². The molecule has 0 aliphatic carbocycles. The average Bonchev–Trinajstić information content (AvgIpc) is 2.57. The predicted octanol–water partition coefficient (Wildman–Crippen LogP) is 0.450. The van der Waals surface area contributed by atoms with Crippen molar-refractivity contribution in [2.45, 2.75) is 31.2 Å². The molecule has 18 heavy (non-hydrogen) atoms. The SMILES string of the molecule is CC(C)NS(=O)(=O)c1cc(N)c2c(c1)CC(=O)N2. The summed E-state index contributed by atoms with van der Waals surface area (Å²) in [4.78, 5) is 11.3. The van der Waals surface area contributed by atoms with Crippen LogP contribution in [0, 0.1) is 0 Å². The van der Waals surface area contributed by atoms with Gasteiger partial charge in [-0.2, -0.15) is 0 Å². The summed E-state index contributed by atoms with van der Waals surface area (Å²) in [7, 11) is -3.59. The fourth-order valence-electron chi connectivity index (χ4n) is 1.88. The summed E-state index contributed by atoms with van der Waals surface area (Å²) in [5, 5.41) is 2.61. The Kier molecular flexibility index (Phi) is 3.04. The van der Waals surface area contributed by atoms with Gasteiger partial charge in [0, 0.05) is 6.04 Å². The van der Waals surface area contributed by atoms with E-state index >= 15 is 0 Å². The van der Waals surface area contributed by atoms with Crippen LogP contribution < -0.4 is 15.8 Å². The number of anilines is 2. The second-order valence-electron chi connectivity index (χ2n) is 4.55. The van der Waals surface area contributed by atoms with E-state index in [2.05, 4.69) is 10.0 Å². The van der Waals surface area contributed by atoms with Gasteiger partial charge in [0.2, 0.25) is 15.9 Å². The summed E-state index contributed by atoms with van der Waals surface area (Å²) >= 11 is 0. The number of carbonyl (C=O) groups excluding carboxylic acids is 1. The maximum absolute atomic E-state index is 12.0. The molecule has 0 fully saturated rings. The third kappa shape index (κ3) is 2.32. The topological polar surface area (TPSA) is 101 Å². The highest BCUT2D eigenvalue weighted by atomic mass is 32.2. The molecule has 1 heterocycles. The monoisotopic (exact) mass is 269 g/mol. The zero-order valence-corrected chi connectivity index (χ0v) is 11.0. The van der Waals surface area contributed by atoms with Gasteiger partial charge >= 0.3 is 0 Å². The smallest absolute Gasteiger partial charge is 0.240 e. The summed E-state index contributed by atoms with van der Waals surface area (Å²) in [5.41, 5.74) is 7.15. The highest BCUT2D eigenvalue weighted by molar-refractivity contribution is 7.89. The Hall–Kier alpha value is -1.60. The lowest BCUT2D eigenvalue weighted by Crippen LogP contribution is -2.30. The van der Waals surface area contributed by atoms with E-state index in [0.29, 0.717) is 11.3 Å². The Morgan fingerprint density at radius 3 is 2.67 bits per heavy atom. The molecule has 0 unspecified atom stereocenters. The van der Waals surface area contributed by atoms with E-state index < -0.39 is 10.0 Å². The van der Waals surface area contributed by atoms with Gasteiger partial charge < -0.3 is 11.1 Å². The molecular formula is C11H15N3O3S. The second kappa shape index (κ2) is 4.25. The standard InChI is InChI=1S/C11H15N3O3S/c1-6(2)14-18(16,17)8-3-7-4-10(15)13-11(7)9(12)5-8/h3,5-6,14H,4,12H2,1-2H3,(H,13,15). The average molecular weight is 269 g/mol. The maximum atomic E-state index is 12.0. The van der Waals surface area contributed by atoms with E-state index in [1.165, 1.54) is 12.1 Å². The van der Waals surface area contributed by atoms with E-state index in [9.17, 15) is 13.2 Å². The third-order valence-corrected chi connectivity index (χ3v) is 4.18. The van der Waals surface area contributed by atoms with Gasteiger partial charge in [-0.1, -0.05) is 0 Å². The molecule has 0 saturated heterocycles. The molecular weight excluding hydrogens is 254 g/mol. The summed E-state index contributed by atoms with van der Waals surface area (Å²) in [5.74, 6) is -0.178. The first-order valence-electron chi connectivity index (χ1n) is 5.54. The van der Waals surface area contributed by atoms with Crippen LogP contribution in [0.3, 0.4) is 0 Å². The van der Waals surface area contributed by atoms with Gasteiger partial charge in [-0.05, 0) is 31.5 Å². The molecule has 2 rings (SSSR count). The van der Waals surface area contributed by atoms with Crippen molar-refractivity contribution in [3.05, 3.63) is 17.7 Å². The number of amides is 1. The summed E-state index contributed by atoms with van der Waals surface area (Å²) in [6.07, 6.45) is 0.157. The van der Waals surface area contributed by atoms with Gasteiger partial charge in [0.25, 0.3) is 0 Å². The van der Waals surface area contributed by atoms with Crippen molar-refractivity contribution in [3.63, 3.8) is 0 Å². The fraction of sp³-hybridized carbons (Fsp3) is 0.364. The number of carbonyl (C=O) groups is 1. The van der Waals surface area contributed by atoms with E-state index in [0.717, 1.165) is 0 Å². The minimum absolute atomic E-state index is 0.0870. The predicted molar refractivity (Wildman–Crippen MR) is 68.6 cm³/mol. The third-order valence-electron chi connectivity index (χ3n) is 2.54. The van der Waals surface area contributed by atoms with E-state index in [1.807, 2.05) is 0 Å². The normalized spacial score (nSPS) is 14.7. The number of nitrogen functional groups attached to an aromatic ring is 1. The largest absolute Gasteiger partial charge is 0.397 e. The number of benzene rings is 1. The molecule has 0 aromatic heterocycles. The number of nitrogens with one attached hydrogen (secondary N) is 2. The van der Waals surface area contributed by atoms with Crippen LogP contribution >= 0.6 is 0 Å². The van der Waals surface area contributed by atoms with E-state index in [-0.39, 0.29) is 29.0 Å². The van der Waals surface area contributed by atoms with Gasteiger partial charge in [-0.25, -0.2) is 13.1 Å². The van der Waals surface area contributed by atoms with Crippen LogP contribution in [0.25, 0.3) is 0 Å². The molecule has 0 atom stereocenters. The van der Waals surface area contributed by atoms with Gasteiger partial charge in [0.15, 0.2) is 0 Å². The van der Waals surface area contributed by atoms with Gasteiger partial charge in [-0.15, -0.1) is 0 Å². The van der Waals surface area contributed by atoms with Crippen LogP contribution in [-0.2, 0) is 21.2 Å². The van der Waals surface area contributed by atoms with Crippen molar-refractivity contribution in [3.8, 4) is 0 Å². The molecule has 7 heteroatoms. The molecule has 0 radical (unpaired) electrons. The van der Waals surface area contributed by atoms with Crippen LogP contribution in [0.4, 0.5) is 11.4 Å². The van der Waals surface area contributed by atoms with E-state index in [4.69, 9.17) is 5.73 Å². The van der Waals surface area contributed by atoms with Gasteiger partial charge in [0.05, 0.1) is 22.7 Å². The molecule has 0 spiro atoms. The second-order valence-corrected chi connectivity index (χ2v) is 6.26. The number of rotatable bonds is 3. The first kappa shape index (κ1) is 12.8. The van der Waals surface area contributed by atoms with Gasteiger partial charge in [-0.3, -0.25) is 4.79 Å². The summed E-state index contributed by atoms with van der Waals surface area (Å²) < 4.78 is 26.5. The first-order chi connectivity index (χ1) is 8.29. The number of hydrogen-bond donors (Lipinski definition) is 3. The molecule has 98 valence electrons. The quantitative estimate of drug-likeness (QED) is 0.693. The number of nitrogens with two attached hydrogens (primary N) is 1. The van der Waals surface area contributed by atoms with Crippen molar-refractivity contribution in [1.82, 2.24) is 4.72 Å². The zero-order valence-electron chi connectivity index (χ0n) is 10.1. The molecule has 1 aliphatic rings. The number of sulfonamides is 1. The molecule has 1 aromatic carbocycles. The summed E-state index contributed by atoms with van der Waals surface area (Å²) in [6.45, 7) is 3.47. The molecule has 0 bridgehead atoms. The molecule has 4 N–H and O–H groups in total. The van der Waals surface area contributed by atoms with Crippen LogP contribution in [0.15, 0.2) is 17.0 Å². The lowest BCUT2D eigenvalue weighted by atomic mass is 10.1. The highest BCUT2D eigenvalue weighted by Crippen LogP contribution is 2.32. The Morgan fingerprint density at radius 1 is 1.39 bits per heavy atom. The molecule has 1 amide bonds. The maximum Gasteiger partial charge on any atom is 0.240 e. The van der Waals surface area contributed by atoms with Crippen molar-refractivity contribution < 1.29 is 13.2 Å². The number of hydrogen-bond acceptors (Lipinski definition) is 4. The van der Waals surface area contributed by atoms with Crippen molar-refractivity contribution >= 4 is 27.3 Å². The Labute approximate surface area is 106 Å². The van der Waals surface area contributed by atoms with Crippen molar-refractivity contribution in [2.75, 3.05) is 11.1 Å². The molecule has 1 aromatic rings. The van der Waals surface area contributed by atoms with Crippen LogP contribution in [0.2, 0.25) is 0 Å². The van der Waals surface area contributed by atoms with Crippen molar-refractivity contribution in [2.24, 2.45) is 0 Å². The Balaban J connectivity index is 2.47. The molecule has 0 saturated carbocycles. The number of fused-ring (bicyclic) bond motifs is 1. The minimum atomic E-state index is -3.59. The van der Waals surface area contributed by atoms with Crippen LogP contribution in [0.1, 0.15) is 19.4 Å². The first-order valence-corrected chi connectivity index (χ1v) is 7.02. The van der Waals surface area contributed by atoms with Gasteiger partial charge in [0.1, 0.15) is 0 Å². The Bertz CT molecular complexity index is 608. The molecule has 1 aliphatic heterocycles. The summed E-state index contributed by atoms with van der Waals surface area (Å²) in [6, 6.07) is 2.63. The minimum Gasteiger partial charge on any atom is -0.397 e. The Morgan fingerprint density at radius 2 is 2.06 bits per heavy atom. The molecule has 6 nitrogen and oxygen atoms in total. The lowest BCUT2D eigenvalue weighted by molar-refractivity contribution is -0.115. The van der Waals surface area contributed by atoms with Crippen molar-refractivity contribution in [1.29, 1.82) is 0 Å². The highest BCUT2D eigenvalue weighted by Gasteiger charge is 2.24.